The molecule has 0 fully saturated rings. The zero-order valence-corrected chi connectivity index (χ0v) is 17.3. The SMILES string of the molecule is COC(=O)CCC(=O)N1CCc2c(sc(NC(=O)C=Cc3ccccc3)c2C#N)C1. The van der Waals surface area contributed by atoms with E-state index in [1.165, 1.54) is 24.5 Å². The topological polar surface area (TPSA) is 99.5 Å². The maximum absolute atomic E-state index is 12.4. The molecule has 3 rings (SSSR count). The third kappa shape index (κ3) is 5.13. The lowest BCUT2D eigenvalue weighted by atomic mass is 10.0. The largest absolute Gasteiger partial charge is 0.469 e. The van der Waals surface area contributed by atoms with Crippen LogP contribution >= 0.6 is 11.3 Å². The Kier molecular flexibility index (Phi) is 6.99. The van der Waals surface area contributed by atoms with Crippen LogP contribution in [0.5, 0.6) is 0 Å². The van der Waals surface area contributed by atoms with Gasteiger partial charge < -0.3 is 15.0 Å². The summed E-state index contributed by atoms with van der Waals surface area (Å²) in [5.74, 6) is -0.869. The third-order valence-electron chi connectivity index (χ3n) is 4.76. The second kappa shape index (κ2) is 9.85. The number of hydrogen-bond donors (Lipinski definition) is 1. The van der Waals surface area contributed by atoms with Crippen LogP contribution in [-0.2, 0) is 32.1 Å². The molecule has 0 atom stereocenters. The highest BCUT2D eigenvalue weighted by Gasteiger charge is 2.27. The molecular weight excluding hydrogens is 402 g/mol. The second-order valence-electron chi connectivity index (χ2n) is 6.69. The van der Waals surface area contributed by atoms with Crippen molar-refractivity contribution in [1.82, 2.24) is 4.90 Å². The lowest BCUT2D eigenvalue weighted by molar-refractivity contribution is -0.143. The van der Waals surface area contributed by atoms with Crippen LogP contribution in [0.3, 0.4) is 0 Å². The van der Waals surface area contributed by atoms with Gasteiger partial charge in [0.05, 0.1) is 25.6 Å². The molecule has 0 saturated carbocycles. The van der Waals surface area contributed by atoms with Gasteiger partial charge in [-0.2, -0.15) is 5.26 Å². The Balaban J connectivity index is 1.68. The number of carbonyl (C=O) groups is 3. The first kappa shape index (κ1) is 21.3. The highest BCUT2D eigenvalue weighted by Crippen LogP contribution is 2.36. The fraction of sp³-hybridized carbons (Fsp3) is 0.273. The van der Waals surface area contributed by atoms with Gasteiger partial charge in [-0.1, -0.05) is 30.3 Å². The molecule has 1 aromatic heterocycles. The van der Waals surface area contributed by atoms with E-state index < -0.39 is 5.97 Å². The van der Waals surface area contributed by atoms with Gasteiger partial charge in [-0.25, -0.2) is 0 Å². The Morgan fingerprint density at radius 3 is 2.73 bits per heavy atom. The van der Waals surface area contributed by atoms with Gasteiger partial charge in [-0.15, -0.1) is 11.3 Å². The molecule has 1 aromatic carbocycles. The van der Waals surface area contributed by atoms with Crippen LogP contribution in [0.1, 0.15) is 34.4 Å². The van der Waals surface area contributed by atoms with Gasteiger partial charge in [-0.05, 0) is 23.6 Å². The fourth-order valence-corrected chi connectivity index (χ4v) is 4.40. The number of anilines is 1. The molecule has 0 radical (unpaired) electrons. The second-order valence-corrected chi connectivity index (χ2v) is 7.80. The van der Waals surface area contributed by atoms with E-state index in [2.05, 4.69) is 16.1 Å². The molecule has 0 saturated heterocycles. The molecule has 2 amide bonds. The van der Waals surface area contributed by atoms with Crippen molar-refractivity contribution in [3.05, 3.63) is 58.0 Å². The van der Waals surface area contributed by atoms with Crippen molar-refractivity contribution in [2.75, 3.05) is 19.0 Å². The average molecular weight is 423 g/mol. The molecule has 1 aliphatic heterocycles. The molecule has 0 bridgehead atoms. The number of hydrogen-bond acceptors (Lipinski definition) is 6. The summed E-state index contributed by atoms with van der Waals surface area (Å²) in [6.45, 7) is 0.837. The number of nitrogens with one attached hydrogen (secondary N) is 1. The summed E-state index contributed by atoms with van der Waals surface area (Å²) in [6, 6.07) is 11.6. The number of carbonyl (C=O) groups excluding carboxylic acids is 3. The van der Waals surface area contributed by atoms with E-state index in [4.69, 9.17) is 0 Å². The summed E-state index contributed by atoms with van der Waals surface area (Å²) < 4.78 is 4.57. The Labute approximate surface area is 178 Å². The van der Waals surface area contributed by atoms with Gasteiger partial charge in [0.2, 0.25) is 11.8 Å². The molecule has 30 heavy (non-hydrogen) atoms. The highest BCUT2D eigenvalue weighted by atomic mass is 32.1. The first-order valence-corrected chi connectivity index (χ1v) is 10.3. The predicted octanol–water partition coefficient (Wildman–Crippen LogP) is 3.11. The number of nitrogens with zero attached hydrogens (tertiary/aromatic N) is 2. The van der Waals surface area contributed by atoms with Crippen molar-refractivity contribution in [2.24, 2.45) is 0 Å². The van der Waals surface area contributed by atoms with Crippen LogP contribution in [-0.4, -0.2) is 36.3 Å². The third-order valence-corrected chi connectivity index (χ3v) is 5.89. The number of rotatable bonds is 6. The van der Waals surface area contributed by atoms with Crippen LogP contribution in [0, 0.1) is 11.3 Å². The zero-order valence-electron chi connectivity index (χ0n) is 16.5. The van der Waals surface area contributed by atoms with Gasteiger partial charge >= 0.3 is 5.97 Å². The van der Waals surface area contributed by atoms with E-state index in [-0.39, 0.29) is 24.7 Å². The van der Waals surface area contributed by atoms with Crippen molar-refractivity contribution >= 4 is 40.2 Å². The Morgan fingerprint density at radius 1 is 1.27 bits per heavy atom. The minimum absolute atomic E-state index is 0.0433. The first-order chi connectivity index (χ1) is 14.5. The maximum Gasteiger partial charge on any atom is 0.306 e. The van der Waals surface area contributed by atoms with Crippen molar-refractivity contribution < 1.29 is 19.1 Å². The minimum Gasteiger partial charge on any atom is -0.469 e. The van der Waals surface area contributed by atoms with E-state index in [0.29, 0.717) is 30.1 Å². The molecule has 0 aliphatic carbocycles. The van der Waals surface area contributed by atoms with Crippen molar-refractivity contribution in [1.29, 1.82) is 5.26 Å². The number of fused-ring (bicyclic) bond motifs is 1. The number of amides is 2. The van der Waals surface area contributed by atoms with Crippen molar-refractivity contribution in [3.8, 4) is 6.07 Å². The summed E-state index contributed by atoms with van der Waals surface area (Å²) in [4.78, 5) is 38.5. The predicted molar refractivity (Wildman–Crippen MR) is 114 cm³/mol. The molecule has 0 unspecified atom stereocenters. The summed E-state index contributed by atoms with van der Waals surface area (Å²) >= 11 is 1.31. The van der Waals surface area contributed by atoms with E-state index in [1.807, 2.05) is 30.3 Å². The normalized spacial score (nSPS) is 12.9. The summed E-state index contributed by atoms with van der Waals surface area (Å²) in [5, 5.41) is 12.9. The van der Waals surface area contributed by atoms with E-state index in [1.54, 1.807) is 11.0 Å². The lowest BCUT2D eigenvalue weighted by Crippen LogP contribution is -2.35. The first-order valence-electron chi connectivity index (χ1n) is 9.45. The van der Waals surface area contributed by atoms with Crippen molar-refractivity contribution in [3.63, 3.8) is 0 Å². The summed E-state index contributed by atoms with van der Waals surface area (Å²) in [6.07, 6.45) is 3.80. The number of esters is 1. The van der Waals surface area contributed by atoms with Gasteiger partial charge in [-0.3, -0.25) is 14.4 Å². The molecule has 154 valence electrons. The molecular formula is C22H21N3O4S. The van der Waals surface area contributed by atoms with Crippen LogP contribution in [0.15, 0.2) is 36.4 Å². The Morgan fingerprint density at radius 2 is 2.03 bits per heavy atom. The van der Waals surface area contributed by atoms with Gasteiger partial charge in [0.15, 0.2) is 0 Å². The van der Waals surface area contributed by atoms with E-state index in [9.17, 15) is 19.6 Å². The minimum atomic E-state index is -0.419. The number of benzene rings is 1. The van der Waals surface area contributed by atoms with Gasteiger partial charge in [0.25, 0.3) is 0 Å². The van der Waals surface area contributed by atoms with Crippen LogP contribution < -0.4 is 5.32 Å². The standard InChI is InChI=1S/C22H21N3O4S/c1-29-21(28)10-9-20(27)25-12-11-16-17(13-23)22(30-18(16)14-25)24-19(26)8-7-15-5-3-2-4-6-15/h2-8H,9-12,14H2,1H3,(H,24,26). The quantitative estimate of drug-likeness (QED) is 0.568. The summed E-state index contributed by atoms with van der Waals surface area (Å²) in [5.41, 5.74) is 2.24. The molecule has 1 aliphatic rings. The molecule has 0 spiro atoms. The Bertz CT molecular complexity index is 1020. The molecule has 1 N–H and O–H groups in total. The number of nitriles is 1. The average Bonchev–Trinajstić information content (AvgIpc) is 3.12. The molecule has 2 heterocycles. The molecule has 8 heteroatoms. The number of thiophene rings is 1. The van der Waals surface area contributed by atoms with Crippen LogP contribution in [0.25, 0.3) is 6.08 Å². The van der Waals surface area contributed by atoms with Gasteiger partial charge in [0, 0.05) is 23.9 Å². The highest BCUT2D eigenvalue weighted by molar-refractivity contribution is 7.16. The molecule has 7 nitrogen and oxygen atoms in total. The molecule has 2 aromatic rings. The van der Waals surface area contributed by atoms with Crippen LogP contribution in [0.2, 0.25) is 0 Å². The van der Waals surface area contributed by atoms with Gasteiger partial charge in [0.1, 0.15) is 11.1 Å². The smallest absolute Gasteiger partial charge is 0.306 e. The van der Waals surface area contributed by atoms with Crippen LogP contribution in [0.4, 0.5) is 5.00 Å². The summed E-state index contributed by atoms with van der Waals surface area (Å²) in [7, 11) is 1.29. The number of ether oxygens (including phenoxy) is 1. The number of methoxy groups -OCH3 is 1. The maximum atomic E-state index is 12.4. The fourth-order valence-electron chi connectivity index (χ4n) is 3.18. The zero-order chi connectivity index (χ0) is 21.5. The lowest BCUT2D eigenvalue weighted by Gasteiger charge is -2.26. The van der Waals surface area contributed by atoms with Crippen molar-refractivity contribution in [2.45, 2.75) is 25.8 Å². The monoisotopic (exact) mass is 423 g/mol. The van der Waals surface area contributed by atoms with E-state index in [0.717, 1.165) is 16.0 Å². The Hall–Kier alpha value is -3.44. The van der Waals surface area contributed by atoms with E-state index >= 15 is 0 Å².